The van der Waals surface area contributed by atoms with Crippen LogP contribution in [0.3, 0.4) is 0 Å². The topological polar surface area (TPSA) is 29.9 Å². The van der Waals surface area contributed by atoms with Gasteiger partial charge in [0.2, 0.25) is 0 Å². The summed E-state index contributed by atoms with van der Waals surface area (Å²) >= 11 is 1.88. The van der Waals surface area contributed by atoms with Crippen molar-refractivity contribution in [2.24, 2.45) is 7.05 Å². The predicted molar refractivity (Wildman–Crippen MR) is 62.5 cm³/mol. The van der Waals surface area contributed by atoms with Gasteiger partial charge in [-0.05, 0) is 26.2 Å². The van der Waals surface area contributed by atoms with Crippen molar-refractivity contribution >= 4 is 11.8 Å². The van der Waals surface area contributed by atoms with Gasteiger partial charge in [-0.1, -0.05) is 0 Å². The Morgan fingerprint density at radius 2 is 2.29 bits per heavy atom. The number of nitrogens with one attached hydrogen (secondary N) is 1. The van der Waals surface area contributed by atoms with E-state index in [9.17, 15) is 0 Å². The minimum Gasteiger partial charge on any atom is -0.310 e. The summed E-state index contributed by atoms with van der Waals surface area (Å²) in [5.74, 6) is 0. The Bertz CT molecular complexity index is 281. The molecular weight excluding hydrogens is 194 g/mol. The van der Waals surface area contributed by atoms with Crippen molar-refractivity contribution in [2.75, 3.05) is 12.8 Å². The van der Waals surface area contributed by atoms with Gasteiger partial charge in [-0.15, -0.1) is 0 Å². The number of nitrogens with zero attached hydrogens (tertiary/aromatic N) is 2. The quantitative estimate of drug-likeness (QED) is 0.806. The third kappa shape index (κ3) is 3.35. The first-order valence-corrected chi connectivity index (χ1v) is 6.00. The van der Waals surface area contributed by atoms with Crippen molar-refractivity contribution in [3.8, 4) is 0 Å². The van der Waals surface area contributed by atoms with Crippen molar-refractivity contribution < 1.29 is 0 Å². The van der Waals surface area contributed by atoms with E-state index >= 15 is 0 Å². The van der Waals surface area contributed by atoms with Crippen LogP contribution in [0.25, 0.3) is 0 Å². The van der Waals surface area contributed by atoms with Gasteiger partial charge in [-0.2, -0.15) is 16.9 Å². The molecular formula is C10H19N3S. The maximum Gasteiger partial charge on any atom is 0.0518 e. The normalized spacial score (nSPS) is 12.0. The van der Waals surface area contributed by atoms with Gasteiger partial charge in [0.1, 0.15) is 0 Å². The lowest BCUT2D eigenvalue weighted by Crippen LogP contribution is -2.32. The second-order valence-corrected chi connectivity index (χ2v) is 5.53. The summed E-state index contributed by atoms with van der Waals surface area (Å²) in [6, 6.07) is 2.04. The van der Waals surface area contributed by atoms with Crippen molar-refractivity contribution in [1.29, 1.82) is 0 Å². The lowest BCUT2D eigenvalue weighted by Gasteiger charge is -2.22. The van der Waals surface area contributed by atoms with Gasteiger partial charge < -0.3 is 5.32 Å². The second-order valence-electron chi connectivity index (χ2n) is 4.01. The highest BCUT2D eigenvalue weighted by Crippen LogP contribution is 2.19. The molecule has 0 aliphatic rings. The van der Waals surface area contributed by atoms with E-state index in [4.69, 9.17) is 0 Å². The molecule has 1 heterocycles. The molecule has 1 N–H and O–H groups in total. The molecule has 4 heteroatoms. The van der Waals surface area contributed by atoms with Crippen molar-refractivity contribution in [3.05, 3.63) is 18.0 Å². The number of aryl methyl sites for hydroxylation is 1. The molecule has 0 aliphatic carbocycles. The molecule has 0 radical (unpaired) electrons. The van der Waals surface area contributed by atoms with E-state index in [1.807, 2.05) is 35.8 Å². The van der Waals surface area contributed by atoms with Gasteiger partial charge in [-0.3, -0.25) is 4.68 Å². The molecule has 1 aromatic rings. The van der Waals surface area contributed by atoms with E-state index in [-0.39, 0.29) is 0 Å². The maximum absolute atomic E-state index is 4.12. The van der Waals surface area contributed by atoms with Crippen LogP contribution in [0, 0.1) is 0 Å². The molecule has 0 unspecified atom stereocenters. The molecule has 0 saturated heterocycles. The van der Waals surface area contributed by atoms with Crippen molar-refractivity contribution in [2.45, 2.75) is 25.1 Å². The van der Waals surface area contributed by atoms with E-state index in [1.54, 1.807) is 0 Å². The average Bonchev–Trinajstić information content (AvgIpc) is 2.52. The standard InChI is InChI=1S/C10H19N3S/c1-10(2,14-4)8-11-7-9-5-6-12-13(9)3/h5-6,11H,7-8H2,1-4H3. The second kappa shape index (κ2) is 4.84. The molecule has 3 nitrogen and oxygen atoms in total. The first kappa shape index (κ1) is 11.6. The lowest BCUT2D eigenvalue weighted by molar-refractivity contribution is 0.567. The molecule has 0 fully saturated rings. The Morgan fingerprint density at radius 1 is 1.57 bits per heavy atom. The third-order valence-electron chi connectivity index (χ3n) is 2.33. The van der Waals surface area contributed by atoms with Crippen LogP contribution in [0.4, 0.5) is 0 Å². The SMILES string of the molecule is CSC(C)(C)CNCc1ccnn1C. The molecule has 80 valence electrons. The zero-order chi connectivity index (χ0) is 10.6. The van der Waals surface area contributed by atoms with Crippen LogP contribution < -0.4 is 5.32 Å². The van der Waals surface area contributed by atoms with Gasteiger partial charge in [-0.25, -0.2) is 0 Å². The van der Waals surface area contributed by atoms with Crippen molar-refractivity contribution in [1.82, 2.24) is 15.1 Å². The maximum atomic E-state index is 4.12. The summed E-state index contributed by atoms with van der Waals surface area (Å²) in [6.45, 7) is 6.39. The Morgan fingerprint density at radius 3 is 2.79 bits per heavy atom. The highest BCUT2D eigenvalue weighted by atomic mass is 32.2. The summed E-state index contributed by atoms with van der Waals surface area (Å²) < 4.78 is 2.21. The highest BCUT2D eigenvalue weighted by Gasteiger charge is 2.14. The smallest absolute Gasteiger partial charge is 0.0518 e. The highest BCUT2D eigenvalue weighted by molar-refractivity contribution is 7.99. The fraction of sp³-hybridized carbons (Fsp3) is 0.700. The van der Waals surface area contributed by atoms with Crippen LogP contribution in [-0.4, -0.2) is 27.3 Å². The summed E-state index contributed by atoms with van der Waals surface area (Å²) in [6.07, 6.45) is 3.97. The molecule has 0 saturated carbocycles. The first-order chi connectivity index (χ1) is 6.55. The average molecular weight is 213 g/mol. The summed E-state index contributed by atoms with van der Waals surface area (Å²) in [5.41, 5.74) is 1.22. The monoisotopic (exact) mass is 213 g/mol. The fourth-order valence-corrected chi connectivity index (χ4v) is 1.38. The van der Waals surface area contributed by atoms with Crippen molar-refractivity contribution in [3.63, 3.8) is 0 Å². The van der Waals surface area contributed by atoms with Gasteiger partial charge in [0.15, 0.2) is 0 Å². The molecule has 0 aliphatic heterocycles. The van der Waals surface area contributed by atoms with Crippen LogP contribution in [0.15, 0.2) is 12.3 Å². The molecule has 0 bridgehead atoms. The largest absolute Gasteiger partial charge is 0.310 e. The Hall–Kier alpha value is -0.480. The molecule has 1 rings (SSSR count). The summed E-state index contributed by atoms with van der Waals surface area (Å²) in [7, 11) is 1.97. The van der Waals surface area contributed by atoms with E-state index < -0.39 is 0 Å². The number of thioether (sulfide) groups is 1. The minimum absolute atomic E-state index is 0.304. The van der Waals surface area contributed by atoms with E-state index in [0.29, 0.717) is 4.75 Å². The Labute approximate surface area is 90.3 Å². The molecule has 0 amide bonds. The van der Waals surface area contributed by atoms with Gasteiger partial charge in [0, 0.05) is 31.1 Å². The Balaban J connectivity index is 2.32. The zero-order valence-electron chi connectivity index (χ0n) is 9.37. The van der Waals surface area contributed by atoms with E-state index in [1.165, 1.54) is 5.69 Å². The van der Waals surface area contributed by atoms with Crippen LogP contribution in [0.2, 0.25) is 0 Å². The third-order valence-corrected chi connectivity index (χ3v) is 3.58. The molecule has 0 atom stereocenters. The molecule has 0 aromatic carbocycles. The van der Waals surface area contributed by atoms with E-state index in [2.05, 4.69) is 30.5 Å². The number of rotatable bonds is 5. The van der Waals surface area contributed by atoms with Crippen LogP contribution in [0.1, 0.15) is 19.5 Å². The number of hydrogen-bond acceptors (Lipinski definition) is 3. The first-order valence-electron chi connectivity index (χ1n) is 4.78. The van der Waals surface area contributed by atoms with Crippen LogP contribution in [-0.2, 0) is 13.6 Å². The van der Waals surface area contributed by atoms with Gasteiger partial charge >= 0.3 is 0 Å². The van der Waals surface area contributed by atoms with Crippen LogP contribution >= 0.6 is 11.8 Å². The number of hydrogen-bond donors (Lipinski definition) is 1. The summed E-state index contributed by atoms with van der Waals surface area (Å²) in [5, 5.41) is 7.56. The molecule has 0 spiro atoms. The zero-order valence-corrected chi connectivity index (χ0v) is 10.2. The van der Waals surface area contributed by atoms with E-state index in [0.717, 1.165) is 13.1 Å². The van der Waals surface area contributed by atoms with Crippen LogP contribution in [0.5, 0.6) is 0 Å². The van der Waals surface area contributed by atoms with Gasteiger partial charge in [0.25, 0.3) is 0 Å². The Kier molecular flexibility index (Phi) is 4.01. The molecule has 14 heavy (non-hydrogen) atoms. The predicted octanol–water partition coefficient (Wildman–Crippen LogP) is 1.65. The number of aromatic nitrogens is 2. The molecule has 1 aromatic heterocycles. The summed E-state index contributed by atoms with van der Waals surface area (Å²) in [4.78, 5) is 0. The lowest BCUT2D eigenvalue weighted by atomic mass is 10.2. The van der Waals surface area contributed by atoms with Gasteiger partial charge in [0.05, 0.1) is 5.69 Å². The fourth-order valence-electron chi connectivity index (χ4n) is 1.14. The minimum atomic E-state index is 0.304.